The first-order valence-corrected chi connectivity index (χ1v) is 6.66. The van der Waals surface area contributed by atoms with Crippen LogP contribution in [0.25, 0.3) is 0 Å². The summed E-state index contributed by atoms with van der Waals surface area (Å²) in [6.45, 7) is 0. The molecule has 0 spiro atoms. The molecule has 0 aliphatic carbocycles. The molecule has 1 heterocycles. The van der Waals surface area contributed by atoms with E-state index in [0.717, 1.165) is 5.56 Å². The summed E-state index contributed by atoms with van der Waals surface area (Å²) in [4.78, 5) is 23.2. The molecule has 0 fully saturated rings. The lowest BCUT2D eigenvalue weighted by molar-refractivity contribution is -0.154. The molecule has 0 saturated heterocycles. The fourth-order valence-electron chi connectivity index (χ4n) is 1.65. The van der Waals surface area contributed by atoms with Gasteiger partial charge in [0.25, 0.3) is 5.91 Å². The third-order valence-corrected chi connectivity index (χ3v) is 3.27. The summed E-state index contributed by atoms with van der Waals surface area (Å²) >= 11 is 1.50. The van der Waals surface area contributed by atoms with Crippen molar-refractivity contribution in [2.24, 2.45) is 5.73 Å². The van der Waals surface area contributed by atoms with Gasteiger partial charge in [0.15, 0.2) is 0 Å². The van der Waals surface area contributed by atoms with Crippen molar-refractivity contribution in [3.63, 3.8) is 0 Å². The smallest absolute Gasteiger partial charge is 0.311 e. The zero-order valence-electron chi connectivity index (χ0n) is 10.1. The van der Waals surface area contributed by atoms with Crippen LogP contribution in [-0.4, -0.2) is 11.9 Å². The minimum absolute atomic E-state index is 0.139. The van der Waals surface area contributed by atoms with Crippen LogP contribution in [-0.2, 0) is 20.7 Å². The predicted molar refractivity (Wildman–Crippen MR) is 72.5 cm³/mol. The lowest BCUT2D eigenvalue weighted by Crippen LogP contribution is -2.26. The van der Waals surface area contributed by atoms with E-state index in [1.54, 1.807) is 24.3 Å². The molecule has 19 heavy (non-hydrogen) atoms. The van der Waals surface area contributed by atoms with E-state index >= 15 is 0 Å². The zero-order chi connectivity index (χ0) is 13.7. The highest BCUT2D eigenvalue weighted by Crippen LogP contribution is 2.18. The van der Waals surface area contributed by atoms with Crippen molar-refractivity contribution in [1.29, 1.82) is 0 Å². The average Bonchev–Trinajstić information content (AvgIpc) is 2.89. The Bertz CT molecular complexity index is 551. The maximum absolute atomic E-state index is 11.8. The average molecular weight is 275 g/mol. The van der Waals surface area contributed by atoms with Gasteiger partial charge in [0.05, 0.1) is 6.42 Å². The van der Waals surface area contributed by atoms with Crippen molar-refractivity contribution in [1.82, 2.24) is 0 Å². The van der Waals surface area contributed by atoms with Gasteiger partial charge in [0, 0.05) is 5.56 Å². The number of hydrogen-bond donors (Lipinski definition) is 1. The molecule has 1 atom stereocenters. The molecule has 2 N–H and O–H groups in total. The molecule has 0 aliphatic heterocycles. The van der Waals surface area contributed by atoms with Crippen LogP contribution in [0.3, 0.4) is 0 Å². The van der Waals surface area contributed by atoms with Crippen LogP contribution >= 0.6 is 11.3 Å². The summed E-state index contributed by atoms with van der Waals surface area (Å²) in [5.74, 6) is -1.14. The summed E-state index contributed by atoms with van der Waals surface area (Å²) < 4.78 is 5.16. The number of hydrogen-bond acceptors (Lipinski definition) is 4. The van der Waals surface area contributed by atoms with Gasteiger partial charge < -0.3 is 10.5 Å². The minimum atomic E-state index is -1.03. The van der Waals surface area contributed by atoms with Gasteiger partial charge in [0.1, 0.15) is 0 Å². The first-order chi connectivity index (χ1) is 9.16. The van der Waals surface area contributed by atoms with Crippen LogP contribution in [0.2, 0.25) is 0 Å². The van der Waals surface area contributed by atoms with E-state index in [4.69, 9.17) is 10.5 Å². The first kappa shape index (κ1) is 13.3. The highest BCUT2D eigenvalue weighted by atomic mass is 32.1. The zero-order valence-corrected chi connectivity index (χ0v) is 10.9. The summed E-state index contributed by atoms with van der Waals surface area (Å²) in [7, 11) is 0. The molecule has 1 amide bonds. The van der Waals surface area contributed by atoms with Gasteiger partial charge in [-0.1, -0.05) is 30.3 Å². The monoisotopic (exact) mass is 275 g/mol. The number of nitrogens with two attached hydrogens (primary N) is 1. The van der Waals surface area contributed by atoms with Gasteiger partial charge in [-0.25, -0.2) is 0 Å². The van der Waals surface area contributed by atoms with E-state index in [-0.39, 0.29) is 6.42 Å². The molecule has 0 radical (unpaired) electrons. The van der Waals surface area contributed by atoms with Gasteiger partial charge in [-0.2, -0.15) is 11.3 Å². The number of thiophene rings is 1. The number of carbonyl (C=O) groups is 2. The number of ether oxygens (including phenoxy) is 1. The number of benzene rings is 1. The largest absolute Gasteiger partial charge is 0.447 e. The van der Waals surface area contributed by atoms with Crippen LogP contribution < -0.4 is 5.73 Å². The molecule has 4 nitrogen and oxygen atoms in total. The highest BCUT2D eigenvalue weighted by molar-refractivity contribution is 7.07. The van der Waals surface area contributed by atoms with Crippen LogP contribution in [0, 0.1) is 0 Å². The molecule has 98 valence electrons. The third kappa shape index (κ3) is 3.66. The van der Waals surface area contributed by atoms with Crippen molar-refractivity contribution in [3.8, 4) is 0 Å². The fourth-order valence-corrected chi connectivity index (χ4v) is 2.32. The molecule has 5 heteroatoms. The number of rotatable bonds is 5. The molecule has 2 rings (SSSR count). The van der Waals surface area contributed by atoms with Crippen LogP contribution in [0.1, 0.15) is 17.2 Å². The van der Waals surface area contributed by atoms with Crippen LogP contribution in [0.15, 0.2) is 47.2 Å². The SMILES string of the molecule is NC(=O)C(OC(=O)Cc1ccsc1)c1ccccc1. The standard InChI is InChI=1S/C14H13NO3S/c15-14(17)13(11-4-2-1-3-5-11)18-12(16)8-10-6-7-19-9-10/h1-7,9,13H,8H2,(H2,15,17). The van der Waals surface area contributed by atoms with Gasteiger partial charge in [0.2, 0.25) is 6.10 Å². The Balaban J connectivity index is 2.05. The van der Waals surface area contributed by atoms with Crippen molar-refractivity contribution < 1.29 is 14.3 Å². The van der Waals surface area contributed by atoms with E-state index in [1.807, 2.05) is 22.9 Å². The van der Waals surface area contributed by atoms with E-state index in [1.165, 1.54) is 11.3 Å². The Labute approximate surface area is 114 Å². The lowest BCUT2D eigenvalue weighted by atomic mass is 10.1. The number of primary amides is 1. The normalized spacial score (nSPS) is 11.8. The van der Waals surface area contributed by atoms with Crippen LogP contribution in [0.4, 0.5) is 0 Å². The highest BCUT2D eigenvalue weighted by Gasteiger charge is 2.22. The summed E-state index contributed by atoms with van der Waals surface area (Å²) in [5.41, 5.74) is 6.72. The lowest BCUT2D eigenvalue weighted by Gasteiger charge is -2.14. The van der Waals surface area contributed by atoms with E-state index in [0.29, 0.717) is 5.56 Å². The predicted octanol–water partition coefficient (Wildman–Crippen LogP) is 2.06. The first-order valence-electron chi connectivity index (χ1n) is 5.71. The van der Waals surface area contributed by atoms with E-state index in [9.17, 15) is 9.59 Å². The second-order valence-corrected chi connectivity index (χ2v) is 4.77. The van der Waals surface area contributed by atoms with E-state index in [2.05, 4.69) is 0 Å². The fraction of sp³-hybridized carbons (Fsp3) is 0.143. The summed E-state index contributed by atoms with van der Waals surface area (Å²) in [6.07, 6.45) is -0.896. The summed E-state index contributed by atoms with van der Waals surface area (Å²) in [5, 5.41) is 3.74. The number of amides is 1. The molecular weight excluding hydrogens is 262 g/mol. The van der Waals surface area contributed by atoms with Gasteiger partial charge in [-0.3, -0.25) is 9.59 Å². The minimum Gasteiger partial charge on any atom is -0.447 e. The maximum Gasteiger partial charge on any atom is 0.311 e. The molecule has 0 saturated carbocycles. The van der Waals surface area contributed by atoms with Gasteiger partial charge >= 0.3 is 5.97 Å². The molecule has 0 aliphatic rings. The molecule has 2 aromatic rings. The van der Waals surface area contributed by atoms with Crippen molar-refractivity contribution >= 4 is 23.2 Å². The Morgan fingerprint density at radius 1 is 1.21 bits per heavy atom. The topological polar surface area (TPSA) is 69.4 Å². The Morgan fingerprint density at radius 2 is 1.95 bits per heavy atom. The molecular formula is C14H13NO3S. The van der Waals surface area contributed by atoms with Crippen molar-refractivity contribution in [2.45, 2.75) is 12.5 Å². The van der Waals surface area contributed by atoms with E-state index < -0.39 is 18.0 Å². The van der Waals surface area contributed by atoms with Crippen molar-refractivity contribution in [2.75, 3.05) is 0 Å². The Hall–Kier alpha value is -2.14. The Morgan fingerprint density at radius 3 is 2.53 bits per heavy atom. The second-order valence-electron chi connectivity index (χ2n) is 3.99. The molecule has 1 unspecified atom stereocenters. The van der Waals surface area contributed by atoms with Gasteiger partial charge in [-0.15, -0.1) is 0 Å². The van der Waals surface area contributed by atoms with Gasteiger partial charge in [-0.05, 0) is 22.4 Å². The second kappa shape index (κ2) is 6.15. The van der Waals surface area contributed by atoms with Crippen LogP contribution in [0.5, 0.6) is 0 Å². The summed E-state index contributed by atoms with van der Waals surface area (Å²) in [6, 6.07) is 10.6. The third-order valence-electron chi connectivity index (χ3n) is 2.54. The molecule has 1 aromatic carbocycles. The Kier molecular flexibility index (Phi) is 4.30. The molecule has 1 aromatic heterocycles. The van der Waals surface area contributed by atoms with Crippen molar-refractivity contribution in [3.05, 3.63) is 58.3 Å². The number of esters is 1. The molecule has 0 bridgehead atoms. The quantitative estimate of drug-likeness (QED) is 0.849. The maximum atomic E-state index is 11.8. The number of carbonyl (C=O) groups excluding carboxylic acids is 2.